The Hall–Kier alpha value is -1.21. The number of piperidine rings is 1. The van der Waals surface area contributed by atoms with Crippen LogP contribution in [0.15, 0.2) is 0 Å². The van der Waals surface area contributed by atoms with Crippen LogP contribution in [0.25, 0.3) is 0 Å². The van der Waals surface area contributed by atoms with Gasteiger partial charge in [-0.15, -0.1) is 6.42 Å². The van der Waals surface area contributed by atoms with Crippen molar-refractivity contribution >= 4 is 6.09 Å². The molecule has 0 aliphatic carbocycles. The molecule has 0 saturated carbocycles. The van der Waals surface area contributed by atoms with Crippen molar-refractivity contribution in [2.75, 3.05) is 26.2 Å². The standard InChI is InChI=1S/C14H24N2O2/c1-5-8-15-10-12-7-6-9-16(11-12)13(17)18-14(2,3)4/h1,12,15H,6-11H2,2-4H3. The van der Waals surface area contributed by atoms with Crippen molar-refractivity contribution in [2.45, 2.75) is 39.2 Å². The van der Waals surface area contributed by atoms with E-state index in [0.29, 0.717) is 12.5 Å². The van der Waals surface area contributed by atoms with E-state index in [9.17, 15) is 4.79 Å². The number of terminal acetylenes is 1. The second-order valence-electron chi connectivity index (χ2n) is 5.77. The van der Waals surface area contributed by atoms with Gasteiger partial charge in [0.25, 0.3) is 0 Å². The van der Waals surface area contributed by atoms with Gasteiger partial charge in [-0.05, 0) is 39.5 Å². The first-order valence-electron chi connectivity index (χ1n) is 6.54. The molecule has 1 aliphatic heterocycles. The summed E-state index contributed by atoms with van der Waals surface area (Å²) in [5.74, 6) is 3.03. The SMILES string of the molecule is C#CCNCC1CCCN(C(=O)OC(C)(C)C)C1. The lowest BCUT2D eigenvalue weighted by Crippen LogP contribution is -2.45. The summed E-state index contributed by atoms with van der Waals surface area (Å²) in [4.78, 5) is 13.7. The van der Waals surface area contributed by atoms with E-state index in [1.165, 1.54) is 0 Å². The molecule has 0 aromatic rings. The Morgan fingerprint density at radius 3 is 2.89 bits per heavy atom. The van der Waals surface area contributed by atoms with Gasteiger partial charge < -0.3 is 15.0 Å². The van der Waals surface area contributed by atoms with E-state index in [-0.39, 0.29) is 6.09 Å². The lowest BCUT2D eigenvalue weighted by atomic mass is 9.98. The van der Waals surface area contributed by atoms with Gasteiger partial charge in [-0.2, -0.15) is 0 Å². The number of hydrogen-bond acceptors (Lipinski definition) is 3. The summed E-state index contributed by atoms with van der Waals surface area (Å²) >= 11 is 0. The Bertz CT molecular complexity index is 315. The maximum Gasteiger partial charge on any atom is 0.410 e. The van der Waals surface area contributed by atoms with Gasteiger partial charge in [0.2, 0.25) is 0 Å². The molecule has 1 aliphatic rings. The fourth-order valence-electron chi connectivity index (χ4n) is 2.07. The lowest BCUT2D eigenvalue weighted by molar-refractivity contribution is 0.0167. The fraction of sp³-hybridized carbons (Fsp3) is 0.786. The molecular formula is C14H24N2O2. The predicted octanol–water partition coefficient (Wildman–Crippen LogP) is 1.86. The van der Waals surface area contributed by atoms with Crippen LogP contribution in [0.2, 0.25) is 0 Å². The highest BCUT2D eigenvalue weighted by Gasteiger charge is 2.27. The summed E-state index contributed by atoms with van der Waals surface area (Å²) in [7, 11) is 0. The first-order valence-corrected chi connectivity index (χ1v) is 6.54. The van der Waals surface area contributed by atoms with Gasteiger partial charge in [0.1, 0.15) is 5.60 Å². The van der Waals surface area contributed by atoms with E-state index >= 15 is 0 Å². The molecule has 1 saturated heterocycles. The molecule has 1 fully saturated rings. The highest BCUT2D eigenvalue weighted by Crippen LogP contribution is 2.18. The van der Waals surface area contributed by atoms with E-state index in [1.807, 2.05) is 20.8 Å². The third-order valence-electron chi connectivity index (χ3n) is 2.83. The monoisotopic (exact) mass is 252 g/mol. The number of carbonyl (C=O) groups excluding carboxylic acids is 1. The number of nitrogens with zero attached hydrogens (tertiary/aromatic N) is 1. The van der Waals surface area contributed by atoms with Crippen molar-refractivity contribution < 1.29 is 9.53 Å². The Kier molecular flexibility index (Phi) is 5.49. The lowest BCUT2D eigenvalue weighted by Gasteiger charge is -2.34. The van der Waals surface area contributed by atoms with Gasteiger partial charge in [0, 0.05) is 19.6 Å². The number of rotatable bonds is 3. The molecule has 1 atom stereocenters. The van der Waals surface area contributed by atoms with E-state index in [0.717, 1.165) is 32.5 Å². The van der Waals surface area contributed by atoms with Crippen LogP contribution in [0.1, 0.15) is 33.6 Å². The Labute approximate surface area is 110 Å². The minimum Gasteiger partial charge on any atom is -0.444 e. The highest BCUT2D eigenvalue weighted by molar-refractivity contribution is 5.68. The number of carbonyl (C=O) groups is 1. The molecule has 0 aromatic carbocycles. The van der Waals surface area contributed by atoms with Crippen LogP contribution < -0.4 is 5.32 Å². The smallest absolute Gasteiger partial charge is 0.410 e. The van der Waals surface area contributed by atoms with Crippen molar-refractivity contribution in [1.82, 2.24) is 10.2 Å². The minimum atomic E-state index is -0.425. The van der Waals surface area contributed by atoms with E-state index in [2.05, 4.69) is 11.2 Å². The van der Waals surface area contributed by atoms with Crippen LogP contribution in [0.5, 0.6) is 0 Å². The molecule has 1 amide bonds. The zero-order valence-electron chi connectivity index (χ0n) is 11.7. The van der Waals surface area contributed by atoms with Gasteiger partial charge >= 0.3 is 6.09 Å². The molecule has 18 heavy (non-hydrogen) atoms. The number of likely N-dealkylation sites (tertiary alicyclic amines) is 1. The van der Waals surface area contributed by atoms with Crippen LogP contribution in [-0.2, 0) is 4.74 Å². The molecule has 0 bridgehead atoms. The summed E-state index contributed by atoms with van der Waals surface area (Å²) in [5.41, 5.74) is -0.425. The van der Waals surface area contributed by atoms with E-state index in [1.54, 1.807) is 4.90 Å². The number of nitrogens with one attached hydrogen (secondary N) is 1. The maximum absolute atomic E-state index is 11.9. The van der Waals surface area contributed by atoms with Crippen LogP contribution in [0, 0.1) is 18.3 Å². The molecule has 1 rings (SSSR count). The molecule has 1 heterocycles. The Morgan fingerprint density at radius 2 is 2.28 bits per heavy atom. The maximum atomic E-state index is 11.9. The van der Waals surface area contributed by atoms with Gasteiger partial charge in [-0.1, -0.05) is 5.92 Å². The van der Waals surface area contributed by atoms with E-state index in [4.69, 9.17) is 11.2 Å². The average molecular weight is 252 g/mol. The van der Waals surface area contributed by atoms with Crippen LogP contribution in [-0.4, -0.2) is 42.8 Å². The molecule has 0 radical (unpaired) electrons. The van der Waals surface area contributed by atoms with E-state index < -0.39 is 5.60 Å². The highest BCUT2D eigenvalue weighted by atomic mass is 16.6. The zero-order valence-corrected chi connectivity index (χ0v) is 11.7. The average Bonchev–Trinajstić information content (AvgIpc) is 2.27. The molecule has 1 N–H and O–H groups in total. The van der Waals surface area contributed by atoms with Gasteiger partial charge in [-0.25, -0.2) is 4.79 Å². The molecule has 0 spiro atoms. The quantitative estimate of drug-likeness (QED) is 0.616. The molecule has 0 aromatic heterocycles. The van der Waals surface area contributed by atoms with Gasteiger partial charge in [0.15, 0.2) is 0 Å². The summed E-state index contributed by atoms with van der Waals surface area (Å²) in [6.45, 7) is 8.67. The minimum absolute atomic E-state index is 0.204. The second kappa shape index (κ2) is 6.65. The second-order valence-corrected chi connectivity index (χ2v) is 5.77. The third-order valence-corrected chi connectivity index (χ3v) is 2.83. The largest absolute Gasteiger partial charge is 0.444 e. The third kappa shape index (κ3) is 5.42. The summed E-state index contributed by atoms with van der Waals surface area (Å²) in [6.07, 6.45) is 7.15. The molecule has 4 nitrogen and oxygen atoms in total. The summed E-state index contributed by atoms with van der Waals surface area (Å²) in [5, 5.41) is 3.20. The first kappa shape index (κ1) is 14.8. The fourth-order valence-corrected chi connectivity index (χ4v) is 2.07. The summed E-state index contributed by atoms with van der Waals surface area (Å²) < 4.78 is 5.39. The van der Waals surface area contributed by atoms with Gasteiger partial charge in [-0.3, -0.25) is 0 Å². The molecule has 4 heteroatoms. The van der Waals surface area contributed by atoms with Crippen molar-refractivity contribution in [1.29, 1.82) is 0 Å². The van der Waals surface area contributed by atoms with Gasteiger partial charge in [0.05, 0.1) is 6.54 Å². The van der Waals surface area contributed by atoms with Crippen molar-refractivity contribution in [3.8, 4) is 12.3 Å². The first-order chi connectivity index (χ1) is 8.42. The normalized spacial score (nSPS) is 20.3. The molecule has 102 valence electrons. The Morgan fingerprint density at radius 1 is 1.56 bits per heavy atom. The molecule has 1 unspecified atom stereocenters. The molecular weight excluding hydrogens is 228 g/mol. The Balaban J connectivity index is 2.39. The number of hydrogen-bond donors (Lipinski definition) is 1. The topological polar surface area (TPSA) is 41.6 Å². The van der Waals surface area contributed by atoms with Crippen LogP contribution >= 0.6 is 0 Å². The van der Waals surface area contributed by atoms with Crippen molar-refractivity contribution in [3.63, 3.8) is 0 Å². The van der Waals surface area contributed by atoms with Crippen molar-refractivity contribution in [3.05, 3.63) is 0 Å². The number of ether oxygens (including phenoxy) is 1. The summed E-state index contributed by atoms with van der Waals surface area (Å²) in [6, 6.07) is 0. The number of amides is 1. The van der Waals surface area contributed by atoms with Crippen LogP contribution in [0.3, 0.4) is 0 Å². The van der Waals surface area contributed by atoms with Crippen LogP contribution in [0.4, 0.5) is 4.79 Å². The predicted molar refractivity (Wildman–Crippen MR) is 72.2 cm³/mol. The van der Waals surface area contributed by atoms with Crippen molar-refractivity contribution in [2.24, 2.45) is 5.92 Å². The zero-order chi connectivity index (χ0) is 13.6.